The van der Waals surface area contributed by atoms with E-state index in [1.165, 1.54) is 4.90 Å². The summed E-state index contributed by atoms with van der Waals surface area (Å²) in [7, 11) is 1.63. The SMILES string of the molecule is CN(C(=O)COC(=O)Cn1c2ccccc2c(=O)c2ccccc21)c1ccccc1. The van der Waals surface area contributed by atoms with Crippen LogP contribution in [-0.2, 0) is 20.9 Å². The van der Waals surface area contributed by atoms with Crippen LogP contribution in [0.3, 0.4) is 0 Å². The van der Waals surface area contributed by atoms with E-state index in [4.69, 9.17) is 4.74 Å². The Balaban J connectivity index is 1.57. The number of amides is 1. The molecule has 0 spiro atoms. The van der Waals surface area contributed by atoms with Crippen molar-refractivity contribution in [2.45, 2.75) is 6.54 Å². The van der Waals surface area contributed by atoms with Gasteiger partial charge in [0, 0.05) is 23.5 Å². The molecule has 0 bridgehead atoms. The topological polar surface area (TPSA) is 68.6 Å². The van der Waals surface area contributed by atoms with Crippen molar-refractivity contribution in [1.29, 1.82) is 0 Å². The van der Waals surface area contributed by atoms with E-state index in [-0.39, 0.29) is 24.5 Å². The molecule has 6 nitrogen and oxygen atoms in total. The number of benzene rings is 3. The number of ether oxygens (including phenoxy) is 1. The quantitative estimate of drug-likeness (QED) is 0.381. The van der Waals surface area contributed by atoms with Gasteiger partial charge in [-0.2, -0.15) is 0 Å². The fourth-order valence-electron chi connectivity index (χ4n) is 3.46. The lowest BCUT2D eigenvalue weighted by Crippen LogP contribution is -2.31. The van der Waals surface area contributed by atoms with E-state index in [9.17, 15) is 14.4 Å². The van der Waals surface area contributed by atoms with Gasteiger partial charge in [0.15, 0.2) is 12.0 Å². The van der Waals surface area contributed by atoms with Gasteiger partial charge in [0.2, 0.25) is 0 Å². The molecule has 30 heavy (non-hydrogen) atoms. The van der Waals surface area contributed by atoms with E-state index < -0.39 is 5.97 Å². The van der Waals surface area contributed by atoms with Crippen LogP contribution >= 0.6 is 0 Å². The van der Waals surface area contributed by atoms with E-state index in [0.717, 1.165) is 5.69 Å². The van der Waals surface area contributed by atoms with E-state index >= 15 is 0 Å². The maximum Gasteiger partial charge on any atom is 0.326 e. The number of carbonyl (C=O) groups is 2. The standard InChI is InChI=1S/C24H20N2O4/c1-25(17-9-3-2-4-10-17)22(27)16-30-23(28)15-26-20-13-7-5-11-18(20)24(29)19-12-6-8-14-21(19)26/h2-14H,15-16H2,1H3. The van der Waals surface area contributed by atoms with E-state index in [1.54, 1.807) is 60.1 Å². The van der Waals surface area contributed by atoms with Crippen molar-refractivity contribution in [2.75, 3.05) is 18.6 Å². The third-order valence-electron chi connectivity index (χ3n) is 5.04. The molecule has 0 atom stereocenters. The number of esters is 1. The zero-order valence-electron chi connectivity index (χ0n) is 16.4. The fourth-order valence-corrected chi connectivity index (χ4v) is 3.46. The number of anilines is 1. The Morgan fingerprint density at radius 1 is 0.833 bits per heavy atom. The molecule has 1 aromatic heterocycles. The minimum atomic E-state index is -0.552. The molecule has 0 saturated carbocycles. The molecular weight excluding hydrogens is 380 g/mol. The summed E-state index contributed by atoms with van der Waals surface area (Å²) in [5, 5.41) is 1.06. The summed E-state index contributed by atoms with van der Waals surface area (Å²) in [6.07, 6.45) is 0. The summed E-state index contributed by atoms with van der Waals surface area (Å²) in [6, 6.07) is 23.4. The summed E-state index contributed by atoms with van der Waals surface area (Å²) >= 11 is 0. The van der Waals surface area contributed by atoms with Crippen LogP contribution in [0.5, 0.6) is 0 Å². The lowest BCUT2D eigenvalue weighted by atomic mass is 10.1. The van der Waals surface area contributed by atoms with Gasteiger partial charge in [0.05, 0.1) is 11.0 Å². The maximum absolute atomic E-state index is 12.8. The smallest absolute Gasteiger partial charge is 0.326 e. The Morgan fingerprint density at radius 3 is 1.97 bits per heavy atom. The molecule has 0 radical (unpaired) electrons. The Morgan fingerprint density at radius 2 is 1.37 bits per heavy atom. The molecule has 0 saturated heterocycles. The molecule has 0 N–H and O–H groups in total. The van der Waals surface area contributed by atoms with Crippen molar-refractivity contribution in [3.8, 4) is 0 Å². The first kappa shape index (κ1) is 19.4. The summed E-state index contributed by atoms with van der Waals surface area (Å²) < 4.78 is 7.00. The lowest BCUT2D eigenvalue weighted by Gasteiger charge is -2.18. The number of hydrogen-bond donors (Lipinski definition) is 0. The van der Waals surface area contributed by atoms with Gasteiger partial charge in [-0.05, 0) is 36.4 Å². The first-order valence-electron chi connectivity index (χ1n) is 9.54. The molecule has 1 amide bonds. The average Bonchev–Trinajstić information content (AvgIpc) is 2.80. The van der Waals surface area contributed by atoms with Gasteiger partial charge in [-0.15, -0.1) is 0 Å². The molecule has 3 aromatic carbocycles. The molecule has 150 valence electrons. The molecule has 1 heterocycles. The highest BCUT2D eigenvalue weighted by Crippen LogP contribution is 2.19. The number of hydrogen-bond acceptors (Lipinski definition) is 4. The third-order valence-corrected chi connectivity index (χ3v) is 5.04. The number of pyridine rings is 1. The second kappa shape index (κ2) is 8.21. The van der Waals surface area contributed by atoms with E-state index in [1.807, 2.05) is 30.3 Å². The summed E-state index contributed by atoms with van der Waals surface area (Å²) in [4.78, 5) is 39.1. The van der Waals surface area contributed by atoms with Crippen molar-refractivity contribution < 1.29 is 14.3 Å². The Labute approximate surface area is 172 Å². The van der Waals surface area contributed by atoms with Crippen LogP contribution < -0.4 is 10.3 Å². The van der Waals surface area contributed by atoms with Crippen LogP contribution in [0.15, 0.2) is 83.7 Å². The molecule has 0 aliphatic rings. The first-order valence-corrected chi connectivity index (χ1v) is 9.54. The van der Waals surface area contributed by atoms with Crippen molar-refractivity contribution in [3.05, 3.63) is 89.1 Å². The van der Waals surface area contributed by atoms with Gasteiger partial charge in [-0.25, -0.2) is 0 Å². The highest BCUT2D eigenvalue weighted by Gasteiger charge is 2.16. The zero-order valence-corrected chi connectivity index (χ0v) is 16.4. The summed E-state index contributed by atoms with van der Waals surface area (Å²) in [6.45, 7) is -0.468. The van der Waals surface area contributed by atoms with Crippen LogP contribution in [0, 0.1) is 0 Å². The van der Waals surface area contributed by atoms with Crippen LogP contribution in [0.1, 0.15) is 0 Å². The Bertz CT molecular complexity index is 1240. The molecule has 6 heteroatoms. The summed E-state index contributed by atoms with van der Waals surface area (Å²) in [5.41, 5.74) is 1.93. The van der Waals surface area contributed by atoms with Crippen molar-refractivity contribution in [2.24, 2.45) is 0 Å². The largest absolute Gasteiger partial charge is 0.454 e. The maximum atomic E-state index is 12.8. The second-order valence-corrected chi connectivity index (χ2v) is 6.90. The predicted molar refractivity (Wildman–Crippen MR) is 117 cm³/mol. The minimum absolute atomic E-state index is 0.0783. The minimum Gasteiger partial charge on any atom is -0.454 e. The zero-order chi connectivity index (χ0) is 21.1. The first-order chi connectivity index (χ1) is 14.6. The van der Waals surface area contributed by atoms with Crippen LogP contribution in [0.4, 0.5) is 5.69 Å². The van der Waals surface area contributed by atoms with E-state index in [0.29, 0.717) is 21.8 Å². The van der Waals surface area contributed by atoms with Gasteiger partial charge >= 0.3 is 5.97 Å². The number of likely N-dealkylation sites (N-methyl/N-ethyl adjacent to an activating group) is 1. The molecule has 4 rings (SSSR count). The highest BCUT2D eigenvalue weighted by atomic mass is 16.5. The van der Waals surface area contributed by atoms with E-state index in [2.05, 4.69) is 0 Å². The number of para-hydroxylation sites is 3. The number of fused-ring (bicyclic) bond motifs is 2. The molecule has 0 unspecified atom stereocenters. The lowest BCUT2D eigenvalue weighted by molar-refractivity contribution is -0.148. The number of carbonyl (C=O) groups excluding carboxylic acids is 2. The molecule has 0 fully saturated rings. The Kier molecular flexibility index (Phi) is 5.30. The van der Waals surface area contributed by atoms with Gasteiger partial charge in [-0.1, -0.05) is 42.5 Å². The number of aromatic nitrogens is 1. The van der Waals surface area contributed by atoms with Crippen molar-refractivity contribution in [1.82, 2.24) is 4.57 Å². The number of rotatable bonds is 5. The highest BCUT2D eigenvalue weighted by molar-refractivity contribution is 5.96. The molecule has 0 aliphatic heterocycles. The summed E-state index contributed by atoms with van der Waals surface area (Å²) in [5.74, 6) is -0.882. The number of nitrogens with zero attached hydrogens (tertiary/aromatic N) is 2. The van der Waals surface area contributed by atoms with Gasteiger partial charge in [0.1, 0.15) is 6.54 Å². The van der Waals surface area contributed by atoms with Gasteiger partial charge < -0.3 is 14.2 Å². The monoisotopic (exact) mass is 400 g/mol. The van der Waals surface area contributed by atoms with Crippen molar-refractivity contribution >= 4 is 39.4 Å². The van der Waals surface area contributed by atoms with Gasteiger partial charge in [0.25, 0.3) is 5.91 Å². The second-order valence-electron chi connectivity index (χ2n) is 6.90. The van der Waals surface area contributed by atoms with Crippen LogP contribution in [0.2, 0.25) is 0 Å². The molecular formula is C24H20N2O4. The predicted octanol–water partition coefficient (Wildman–Crippen LogP) is 3.36. The van der Waals surface area contributed by atoms with Crippen LogP contribution in [0.25, 0.3) is 21.8 Å². The molecule has 4 aromatic rings. The van der Waals surface area contributed by atoms with Crippen molar-refractivity contribution in [3.63, 3.8) is 0 Å². The van der Waals surface area contributed by atoms with Crippen LogP contribution in [-0.4, -0.2) is 30.1 Å². The average molecular weight is 400 g/mol. The Hall–Kier alpha value is -3.93. The normalized spacial score (nSPS) is 10.8. The third kappa shape index (κ3) is 3.67. The fraction of sp³-hybridized carbons (Fsp3) is 0.125. The molecule has 0 aliphatic carbocycles. The van der Waals surface area contributed by atoms with Gasteiger partial charge in [-0.3, -0.25) is 14.4 Å².